The van der Waals surface area contributed by atoms with Crippen molar-refractivity contribution in [3.05, 3.63) is 59.6 Å². The summed E-state index contributed by atoms with van der Waals surface area (Å²) in [6, 6.07) is 16.8. The van der Waals surface area contributed by atoms with Crippen molar-refractivity contribution in [2.45, 2.75) is 0 Å². The second-order valence-electron chi connectivity index (χ2n) is 4.88. The monoisotopic (exact) mass is 341 g/mol. The third kappa shape index (κ3) is 3.23. The van der Waals surface area contributed by atoms with Gasteiger partial charge in [-0.1, -0.05) is 48.0 Å². The lowest BCUT2D eigenvalue weighted by atomic mass is 10.1. The van der Waals surface area contributed by atoms with E-state index in [2.05, 4.69) is 26.1 Å². The number of hydrogen-bond donors (Lipinski definition) is 5. The van der Waals surface area contributed by atoms with E-state index >= 15 is 0 Å². The minimum absolute atomic E-state index is 0.345. The van der Waals surface area contributed by atoms with Crippen molar-refractivity contribution in [1.29, 1.82) is 0 Å². The van der Waals surface area contributed by atoms with Gasteiger partial charge in [0.25, 0.3) is 0 Å². The summed E-state index contributed by atoms with van der Waals surface area (Å²) >= 11 is 6.28. The molecule has 0 amide bonds. The third-order valence-corrected chi connectivity index (χ3v) is 3.69. The van der Waals surface area contributed by atoms with E-state index in [1.54, 1.807) is 6.07 Å². The number of aromatic nitrogens is 2. The van der Waals surface area contributed by atoms with Crippen LogP contribution >= 0.6 is 11.6 Å². The van der Waals surface area contributed by atoms with Crippen molar-refractivity contribution in [2.75, 3.05) is 16.2 Å². The lowest BCUT2D eigenvalue weighted by molar-refractivity contribution is 1.12. The number of anilines is 4. The number of rotatable bonds is 5. The van der Waals surface area contributed by atoms with Gasteiger partial charge in [-0.15, -0.1) is 0 Å². The highest BCUT2D eigenvalue weighted by Crippen LogP contribution is 2.37. The van der Waals surface area contributed by atoms with E-state index < -0.39 is 0 Å². The molecule has 8 heteroatoms. The van der Waals surface area contributed by atoms with Crippen molar-refractivity contribution in [2.24, 2.45) is 11.7 Å². The topological polar surface area (TPSA) is 114 Å². The highest BCUT2D eigenvalue weighted by atomic mass is 35.5. The molecule has 122 valence electrons. The molecule has 0 atom stereocenters. The van der Waals surface area contributed by atoms with E-state index in [0.717, 1.165) is 5.69 Å². The average molecular weight is 342 g/mol. The van der Waals surface area contributed by atoms with Crippen molar-refractivity contribution >= 4 is 34.9 Å². The van der Waals surface area contributed by atoms with Crippen LogP contribution < -0.4 is 27.9 Å². The predicted molar refractivity (Wildman–Crippen MR) is 97.8 cm³/mol. The van der Waals surface area contributed by atoms with Gasteiger partial charge in [0.2, 0.25) is 5.95 Å². The summed E-state index contributed by atoms with van der Waals surface area (Å²) in [5, 5.41) is 3.64. The number of halogens is 1. The number of nitrogen functional groups attached to an aromatic ring is 2. The van der Waals surface area contributed by atoms with Crippen LogP contribution in [0.4, 0.5) is 23.3 Å². The van der Waals surface area contributed by atoms with Gasteiger partial charge in [-0.3, -0.25) is 0 Å². The molecule has 7 N–H and O–H groups in total. The highest BCUT2D eigenvalue weighted by Gasteiger charge is 2.17. The first-order chi connectivity index (χ1) is 11.7. The largest absolute Gasteiger partial charge is 0.324 e. The Morgan fingerprint density at radius 1 is 0.792 bits per heavy atom. The summed E-state index contributed by atoms with van der Waals surface area (Å²) in [6.07, 6.45) is 0. The Morgan fingerprint density at radius 2 is 1.38 bits per heavy atom. The first kappa shape index (κ1) is 16.0. The lowest BCUT2D eigenvalue weighted by Gasteiger charge is -2.16. The molecular weight excluding hydrogens is 326 g/mol. The van der Waals surface area contributed by atoms with Crippen molar-refractivity contribution in [3.63, 3.8) is 0 Å². The Kier molecular flexibility index (Phi) is 4.76. The SMILES string of the molecule is NNc1nc(Nc2ccccc2)nc(NN)c1-c1ccccc1Cl. The fourth-order valence-corrected chi connectivity index (χ4v) is 2.53. The van der Waals surface area contributed by atoms with Crippen LogP contribution in [0.2, 0.25) is 5.02 Å². The molecule has 0 fully saturated rings. The second-order valence-corrected chi connectivity index (χ2v) is 5.29. The molecule has 0 saturated heterocycles. The molecule has 1 heterocycles. The van der Waals surface area contributed by atoms with Crippen LogP contribution in [0.1, 0.15) is 0 Å². The van der Waals surface area contributed by atoms with Crippen LogP contribution in [0.5, 0.6) is 0 Å². The molecule has 0 aliphatic carbocycles. The molecular formula is C16H16ClN7. The van der Waals surface area contributed by atoms with Crippen LogP contribution in [0.25, 0.3) is 11.1 Å². The van der Waals surface area contributed by atoms with E-state index in [1.165, 1.54) is 0 Å². The molecule has 0 bridgehead atoms. The summed E-state index contributed by atoms with van der Waals surface area (Å²) in [5.74, 6) is 12.4. The summed E-state index contributed by atoms with van der Waals surface area (Å²) in [5.41, 5.74) is 7.30. The number of para-hydroxylation sites is 1. The van der Waals surface area contributed by atoms with Gasteiger partial charge in [0.05, 0.1) is 5.56 Å². The maximum absolute atomic E-state index is 6.28. The Morgan fingerprint density at radius 3 is 1.96 bits per heavy atom. The zero-order valence-corrected chi connectivity index (χ0v) is 13.4. The van der Waals surface area contributed by atoms with Gasteiger partial charge in [-0.2, -0.15) is 9.97 Å². The molecule has 3 aromatic rings. The van der Waals surface area contributed by atoms with Crippen molar-refractivity contribution in [3.8, 4) is 11.1 Å². The summed E-state index contributed by atoms with van der Waals surface area (Å²) in [6.45, 7) is 0. The number of hydrazine groups is 2. The molecule has 7 nitrogen and oxygen atoms in total. The number of benzene rings is 2. The predicted octanol–water partition coefficient (Wildman–Crippen LogP) is 3.11. The van der Waals surface area contributed by atoms with Crippen molar-refractivity contribution < 1.29 is 0 Å². The minimum atomic E-state index is 0.345. The van der Waals surface area contributed by atoms with Crippen LogP contribution in [-0.4, -0.2) is 9.97 Å². The minimum Gasteiger partial charge on any atom is -0.324 e. The number of nitrogens with one attached hydrogen (secondary N) is 3. The van der Waals surface area contributed by atoms with E-state index in [1.807, 2.05) is 48.5 Å². The zero-order valence-electron chi connectivity index (χ0n) is 12.6. The second kappa shape index (κ2) is 7.14. The number of hydrogen-bond acceptors (Lipinski definition) is 7. The average Bonchev–Trinajstić information content (AvgIpc) is 2.62. The van der Waals surface area contributed by atoms with Gasteiger partial charge in [0.15, 0.2) is 11.6 Å². The molecule has 0 aliphatic heterocycles. The van der Waals surface area contributed by atoms with Gasteiger partial charge < -0.3 is 16.2 Å². The molecule has 2 aromatic carbocycles. The maximum atomic E-state index is 6.28. The Bertz CT molecular complexity index is 814. The molecule has 0 radical (unpaired) electrons. The quantitative estimate of drug-likeness (QED) is 0.358. The van der Waals surface area contributed by atoms with Crippen LogP contribution in [0, 0.1) is 0 Å². The smallest absolute Gasteiger partial charge is 0.231 e. The Hall–Kier alpha value is -2.87. The lowest BCUT2D eigenvalue weighted by Crippen LogP contribution is -2.17. The van der Waals surface area contributed by atoms with Gasteiger partial charge in [0.1, 0.15) is 0 Å². The van der Waals surface area contributed by atoms with Gasteiger partial charge in [-0.05, 0) is 18.2 Å². The standard InChI is InChI=1S/C16H16ClN7/c17-12-9-5-4-8-11(12)13-14(23-18)21-16(22-15(13)24-19)20-10-6-2-1-3-7-10/h1-9H,18-19H2,(H3,20,21,22,23,24). The fourth-order valence-electron chi connectivity index (χ4n) is 2.30. The zero-order chi connectivity index (χ0) is 16.9. The van der Waals surface area contributed by atoms with Gasteiger partial charge in [-0.25, -0.2) is 11.7 Å². The van der Waals surface area contributed by atoms with Crippen LogP contribution in [0.15, 0.2) is 54.6 Å². The van der Waals surface area contributed by atoms with E-state index in [0.29, 0.717) is 33.7 Å². The Balaban J connectivity index is 2.09. The van der Waals surface area contributed by atoms with E-state index in [-0.39, 0.29) is 0 Å². The Labute approximate surface area is 144 Å². The van der Waals surface area contributed by atoms with E-state index in [9.17, 15) is 0 Å². The molecule has 24 heavy (non-hydrogen) atoms. The molecule has 0 spiro atoms. The fraction of sp³-hybridized carbons (Fsp3) is 0. The summed E-state index contributed by atoms with van der Waals surface area (Å²) in [4.78, 5) is 8.80. The van der Waals surface area contributed by atoms with Crippen molar-refractivity contribution in [1.82, 2.24) is 9.97 Å². The van der Waals surface area contributed by atoms with Gasteiger partial charge in [0, 0.05) is 16.3 Å². The molecule has 3 rings (SSSR count). The summed E-state index contributed by atoms with van der Waals surface area (Å²) in [7, 11) is 0. The van der Waals surface area contributed by atoms with Crippen LogP contribution in [0.3, 0.4) is 0 Å². The number of nitrogens with two attached hydrogens (primary N) is 2. The molecule has 0 aliphatic rings. The number of nitrogens with zero attached hydrogens (tertiary/aromatic N) is 2. The molecule has 0 saturated carbocycles. The maximum Gasteiger partial charge on any atom is 0.231 e. The van der Waals surface area contributed by atoms with E-state index in [4.69, 9.17) is 23.3 Å². The van der Waals surface area contributed by atoms with Crippen LogP contribution in [-0.2, 0) is 0 Å². The molecule has 1 aromatic heterocycles. The summed E-state index contributed by atoms with van der Waals surface area (Å²) < 4.78 is 0. The normalized spacial score (nSPS) is 10.3. The third-order valence-electron chi connectivity index (χ3n) is 3.36. The molecule has 0 unspecified atom stereocenters. The van der Waals surface area contributed by atoms with Gasteiger partial charge >= 0.3 is 0 Å². The first-order valence-corrected chi connectivity index (χ1v) is 7.53. The first-order valence-electron chi connectivity index (χ1n) is 7.15. The highest BCUT2D eigenvalue weighted by molar-refractivity contribution is 6.33.